The third kappa shape index (κ3) is 3.54. The number of para-hydroxylation sites is 1. The Morgan fingerprint density at radius 3 is 2.70 bits per heavy atom. The molecule has 6 nitrogen and oxygen atoms in total. The second-order valence-corrected chi connectivity index (χ2v) is 7.71. The summed E-state index contributed by atoms with van der Waals surface area (Å²) in [6.07, 6.45) is 6.88. The Morgan fingerprint density at radius 1 is 1.26 bits per heavy atom. The number of hydrogen-bond donors (Lipinski definition) is 2. The van der Waals surface area contributed by atoms with Crippen LogP contribution >= 0.6 is 0 Å². The average molecular weight is 366 g/mol. The van der Waals surface area contributed by atoms with Crippen LogP contribution in [0.4, 0.5) is 11.6 Å². The molecule has 1 amide bonds. The van der Waals surface area contributed by atoms with E-state index in [4.69, 9.17) is 0 Å². The van der Waals surface area contributed by atoms with Gasteiger partial charge in [0.1, 0.15) is 0 Å². The van der Waals surface area contributed by atoms with Gasteiger partial charge < -0.3 is 15.3 Å². The van der Waals surface area contributed by atoms with E-state index in [2.05, 4.69) is 15.3 Å². The maximum absolute atomic E-state index is 12.9. The minimum atomic E-state index is -0.627. The molecule has 1 aliphatic carbocycles. The number of hydrogen-bond acceptors (Lipinski definition) is 5. The highest BCUT2D eigenvalue weighted by Crippen LogP contribution is 2.44. The maximum Gasteiger partial charge on any atom is 0.257 e. The van der Waals surface area contributed by atoms with Gasteiger partial charge in [0.05, 0.1) is 11.2 Å². The lowest BCUT2D eigenvalue weighted by Gasteiger charge is -2.40. The maximum atomic E-state index is 12.9. The highest BCUT2D eigenvalue weighted by molar-refractivity contribution is 5.94. The summed E-state index contributed by atoms with van der Waals surface area (Å²) in [5.41, 5.74) is 0.768. The Bertz CT molecular complexity index is 796. The van der Waals surface area contributed by atoms with Crippen molar-refractivity contribution in [3.8, 4) is 0 Å². The molecule has 2 heterocycles. The summed E-state index contributed by atoms with van der Waals surface area (Å²) in [7, 11) is 0. The minimum Gasteiger partial charge on any atom is -0.390 e. The summed E-state index contributed by atoms with van der Waals surface area (Å²) in [5.74, 6) is 0.995. The lowest BCUT2D eigenvalue weighted by Crippen LogP contribution is -2.44. The molecule has 1 saturated carbocycles. The van der Waals surface area contributed by atoms with E-state index in [9.17, 15) is 9.90 Å². The SMILES string of the molecule is CC[C@]1(O)CCC[C@H]2CN(C(=O)c3cnc(Nc4ccccc4)nc3)C[C@H]21. The summed E-state index contributed by atoms with van der Waals surface area (Å²) in [6.45, 7) is 3.38. The van der Waals surface area contributed by atoms with Crippen molar-refractivity contribution in [1.29, 1.82) is 0 Å². The number of carbonyl (C=O) groups excluding carboxylic acids is 1. The van der Waals surface area contributed by atoms with Gasteiger partial charge in [0.2, 0.25) is 5.95 Å². The smallest absolute Gasteiger partial charge is 0.257 e. The van der Waals surface area contributed by atoms with Crippen LogP contribution in [0.5, 0.6) is 0 Å². The fourth-order valence-electron chi connectivity index (χ4n) is 4.57. The molecule has 0 spiro atoms. The van der Waals surface area contributed by atoms with E-state index in [0.717, 1.165) is 37.9 Å². The number of nitrogens with zero attached hydrogens (tertiary/aromatic N) is 3. The first kappa shape index (κ1) is 17.9. The number of amides is 1. The quantitative estimate of drug-likeness (QED) is 0.869. The fraction of sp³-hybridized carbons (Fsp3) is 0.476. The van der Waals surface area contributed by atoms with Crippen molar-refractivity contribution in [1.82, 2.24) is 14.9 Å². The van der Waals surface area contributed by atoms with Gasteiger partial charge in [-0.3, -0.25) is 4.79 Å². The molecule has 3 atom stereocenters. The number of benzene rings is 1. The van der Waals surface area contributed by atoms with E-state index in [1.165, 1.54) is 0 Å². The number of carbonyl (C=O) groups is 1. The van der Waals surface area contributed by atoms with Gasteiger partial charge in [0, 0.05) is 37.1 Å². The Kier molecular flexibility index (Phi) is 4.83. The molecule has 1 aliphatic heterocycles. The van der Waals surface area contributed by atoms with Crippen molar-refractivity contribution >= 4 is 17.5 Å². The van der Waals surface area contributed by atoms with Gasteiger partial charge in [0.15, 0.2) is 0 Å². The lowest BCUT2D eigenvalue weighted by atomic mass is 9.69. The fourth-order valence-corrected chi connectivity index (χ4v) is 4.57. The first-order valence-electron chi connectivity index (χ1n) is 9.75. The van der Waals surface area contributed by atoms with Gasteiger partial charge in [0.25, 0.3) is 5.91 Å². The molecule has 2 aromatic rings. The van der Waals surface area contributed by atoms with Crippen molar-refractivity contribution < 1.29 is 9.90 Å². The summed E-state index contributed by atoms with van der Waals surface area (Å²) < 4.78 is 0. The van der Waals surface area contributed by atoms with E-state index >= 15 is 0 Å². The largest absolute Gasteiger partial charge is 0.390 e. The number of rotatable bonds is 4. The topological polar surface area (TPSA) is 78.3 Å². The van der Waals surface area contributed by atoms with E-state index < -0.39 is 5.60 Å². The molecule has 2 fully saturated rings. The highest BCUT2D eigenvalue weighted by Gasteiger charge is 2.48. The second-order valence-electron chi connectivity index (χ2n) is 7.71. The van der Waals surface area contributed by atoms with Gasteiger partial charge >= 0.3 is 0 Å². The molecule has 2 aliphatic rings. The molecule has 6 heteroatoms. The van der Waals surface area contributed by atoms with Crippen molar-refractivity contribution in [3.63, 3.8) is 0 Å². The second kappa shape index (κ2) is 7.27. The monoisotopic (exact) mass is 366 g/mol. The predicted octanol–water partition coefficient (Wildman–Crippen LogP) is 3.23. The van der Waals surface area contributed by atoms with Crippen LogP contribution in [0.3, 0.4) is 0 Å². The summed E-state index contributed by atoms with van der Waals surface area (Å²) in [5, 5.41) is 14.0. The average Bonchev–Trinajstić information content (AvgIpc) is 3.15. The number of aromatic nitrogens is 2. The number of fused-ring (bicyclic) bond motifs is 1. The van der Waals surface area contributed by atoms with E-state index in [0.29, 0.717) is 24.0 Å². The molecular formula is C21H26N4O2. The standard InChI is InChI=1S/C21H26N4O2/c1-2-21(27)10-6-7-15-13-25(14-18(15)21)19(26)16-11-22-20(23-12-16)24-17-8-4-3-5-9-17/h3-5,8-9,11-12,15,18,27H,2,6-7,10,13-14H2,1H3,(H,22,23,24)/t15-,18+,21-/m0/s1. The van der Waals surface area contributed by atoms with Crippen molar-refractivity contribution in [2.24, 2.45) is 11.8 Å². The van der Waals surface area contributed by atoms with Crippen LogP contribution in [-0.4, -0.2) is 44.6 Å². The van der Waals surface area contributed by atoms with Gasteiger partial charge in [-0.25, -0.2) is 9.97 Å². The third-order valence-corrected chi connectivity index (χ3v) is 6.14. The van der Waals surface area contributed by atoms with Crippen molar-refractivity contribution in [2.45, 2.75) is 38.2 Å². The van der Waals surface area contributed by atoms with Crippen LogP contribution in [0.15, 0.2) is 42.7 Å². The molecule has 0 unspecified atom stereocenters. The van der Waals surface area contributed by atoms with Crippen LogP contribution in [0, 0.1) is 11.8 Å². The zero-order chi connectivity index (χ0) is 18.9. The number of nitrogens with one attached hydrogen (secondary N) is 1. The van der Waals surface area contributed by atoms with E-state index in [1.807, 2.05) is 42.2 Å². The van der Waals surface area contributed by atoms with Crippen molar-refractivity contribution in [3.05, 3.63) is 48.3 Å². The van der Waals surface area contributed by atoms with E-state index in [1.54, 1.807) is 12.4 Å². The first-order valence-corrected chi connectivity index (χ1v) is 9.75. The Labute approximate surface area is 159 Å². The lowest BCUT2D eigenvalue weighted by molar-refractivity contribution is -0.0609. The van der Waals surface area contributed by atoms with Gasteiger partial charge in [-0.05, 0) is 37.3 Å². The molecule has 4 rings (SSSR count). The zero-order valence-electron chi connectivity index (χ0n) is 15.6. The highest BCUT2D eigenvalue weighted by atomic mass is 16.3. The first-order chi connectivity index (χ1) is 13.1. The molecule has 1 saturated heterocycles. The third-order valence-electron chi connectivity index (χ3n) is 6.14. The summed E-state index contributed by atoms with van der Waals surface area (Å²) >= 11 is 0. The molecule has 0 radical (unpaired) electrons. The van der Waals surface area contributed by atoms with Crippen LogP contribution in [0.2, 0.25) is 0 Å². The van der Waals surface area contributed by atoms with Crippen LogP contribution in [0.25, 0.3) is 0 Å². The van der Waals surface area contributed by atoms with Crippen LogP contribution in [0.1, 0.15) is 43.0 Å². The number of likely N-dealkylation sites (tertiary alicyclic amines) is 1. The Hall–Kier alpha value is -2.47. The zero-order valence-corrected chi connectivity index (χ0v) is 15.6. The molecular weight excluding hydrogens is 340 g/mol. The molecule has 27 heavy (non-hydrogen) atoms. The van der Waals surface area contributed by atoms with Gasteiger partial charge in [-0.1, -0.05) is 31.5 Å². The molecule has 2 N–H and O–H groups in total. The van der Waals surface area contributed by atoms with Crippen molar-refractivity contribution in [2.75, 3.05) is 18.4 Å². The van der Waals surface area contributed by atoms with Crippen LogP contribution < -0.4 is 5.32 Å². The molecule has 1 aromatic heterocycles. The van der Waals surface area contributed by atoms with E-state index in [-0.39, 0.29) is 11.8 Å². The molecule has 1 aromatic carbocycles. The number of anilines is 2. The minimum absolute atomic E-state index is 0.0471. The van der Waals surface area contributed by atoms with Gasteiger partial charge in [-0.15, -0.1) is 0 Å². The normalized spacial score (nSPS) is 27.3. The molecule has 0 bridgehead atoms. The molecule has 142 valence electrons. The Morgan fingerprint density at radius 2 is 2.00 bits per heavy atom. The summed E-state index contributed by atoms with van der Waals surface area (Å²) in [6, 6.07) is 9.68. The number of aliphatic hydroxyl groups is 1. The van der Waals surface area contributed by atoms with Gasteiger partial charge in [-0.2, -0.15) is 0 Å². The summed E-state index contributed by atoms with van der Waals surface area (Å²) in [4.78, 5) is 23.3. The van der Waals surface area contributed by atoms with Crippen LogP contribution in [-0.2, 0) is 0 Å². The predicted molar refractivity (Wildman–Crippen MR) is 104 cm³/mol. The Balaban J connectivity index is 1.44.